The van der Waals surface area contributed by atoms with E-state index in [0.29, 0.717) is 22.8 Å². The zero-order valence-corrected chi connectivity index (χ0v) is 21.9. The number of fused-ring (bicyclic) bond motifs is 2. The number of nitrogens with one attached hydrogen (secondary N) is 1. The third-order valence-corrected chi connectivity index (χ3v) is 7.45. The molecule has 8 heteroatoms. The Morgan fingerprint density at radius 1 is 1.08 bits per heavy atom. The Morgan fingerprint density at radius 3 is 2.69 bits per heavy atom. The lowest BCUT2D eigenvalue weighted by Gasteiger charge is -2.39. The second kappa shape index (κ2) is 12.3. The number of nitrogens with zero attached hydrogens (tertiary/aromatic N) is 5. The summed E-state index contributed by atoms with van der Waals surface area (Å²) in [6.07, 6.45) is 6.88. The first-order valence-electron chi connectivity index (χ1n) is 13.4. The number of pyridine rings is 1. The van der Waals surface area contributed by atoms with Gasteiger partial charge in [-0.2, -0.15) is 0 Å². The minimum absolute atomic E-state index is 0.104. The van der Waals surface area contributed by atoms with Crippen LogP contribution in [-0.4, -0.2) is 84.0 Å². The van der Waals surface area contributed by atoms with Crippen molar-refractivity contribution in [3.63, 3.8) is 0 Å². The number of benzene rings is 1. The van der Waals surface area contributed by atoms with Crippen LogP contribution in [0, 0.1) is 0 Å². The van der Waals surface area contributed by atoms with Gasteiger partial charge in [-0.3, -0.25) is 4.79 Å². The number of hydrogen-bond acceptors (Lipinski definition) is 5. The highest BCUT2D eigenvalue weighted by Crippen LogP contribution is 2.38. The maximum Gasteiger partial charge on any atom is 0.330 e. The largest absolute Gasteiger partial charge is 0.330 e. The number of aromatic nitrogens is 1. The number of urea groups is 1. The third-order valence-electron chi connectivity index (χ3n) is 7.45. The fourth-order valence-corrected chi connectivity index (χ4v) is 5.30. The Hall–Kier alpha value is -2.97. The summed E-state index contributed by atoms with van der Waals surface area (Å²) < 4.78 is 0. The Balaban J connectivity index is 1.50. The molecule has 1 aromatic carbocycles. The van der Waals surface area contributed by atoms with E-state index < -0.39 is 0 Å². The van der Waals surface area contributed by atoms with E-state index in [9.17, 15) is 9.59 Å². The van der Waals surface area contributed by atoms with Crippen LogP contribution in [0.3, 0.4) is 0 Å². The lowest BCUT2D eigenvalue weighted by atomic mass is 9.99. The summed E-state index contributed by atoms with van der Waals surface area (Å²) in [5, 5.41) is 2.93. The number of piperidine rings is 1. The number of carbonyl (C=O) groups is 2. The summed E-state index contributed by atoms with van der Waals surface area (Å²) >= 11 is 0. The molecule has 1 aromatic heterocycles. The minimum Gasteiger partial charge on any atom is -0.321 e. The first-order chi connectivity index (χ1) is 17.5. The van der Waals surface area contributed by atoms with Gasteiger partial charge in [0.1, 0.15) is 0 Å². The molecule has 3 heterocycles. The molecule has 194 valence electrons. The van der Waals surface area contributed by atoms with Crippen LogP contribution in [0.1, 0.15) is 56.3 Å². The van der Waals surface area contributed by atoms with Gasteiger partial charge in [0.25, 0.3) is 5.91 Å². The van der Waals surface area contributed by atoms with Gasteiger partial charge in [0.15, 0.2) is 5.82 Å². The molecule has 0 spiro atoms. The zero-order chi connectivity index (χ0) is 25.5. The van der Waals surface area contributed by atoms with Crippen molar-refractivity contribution >= 4 is 29.1 Å². The molecule has 1 atom stereocenters. The molecule has 1 unspecified atom stereocenters. The van der Waals surface area contributed by atoms with Crippen molar-refractivity contribution in [2.45, 2.75) is 52.0 Å². The predicted octanol–water partition coefficient (Wildman–Crippen LogP) is 4.81. The van der Waals surface area contributed by atoms with Crippen LogP contribution in [0.15, 0.2) is 42.6 Å². The Morgan fingerprint density at radius 2 is 1.89 bits per heavy atom. The fraction of sp³-hybridized carbons (Fsp3) is 0.536. The molecular formula is C28H40N6O2. The number of hydrogen-bond donors (Lipinski definition) is 1. The molecule has 0 aliphatic carbocycles. The summed E-state index contributed by atoms with van der Waals surface area (Å²) in [7, 11) is 2.18. The molecule has 0 radical (unpaired) electrons. The number of carbonyl (C=O) groups excluding carboxylic acids is 2. The molecule has 36 heavy (non-hydrogen) atoms. The lowest BCUT2D eigenvalue weighted by Crippen LogP contribution is -2.50. The average Bonchev–Trinajstić information content (AvgIpc) is 3.03. The summed E-state index contributed by atoms with van der Waals surface area (Å²) in [6.45, 7) is 10.5. The number of para-hydroxylation sites is 1. The zero-order valence-electron chi connectivity index (χ0n) is 21.9. The van der Waals surface area contributed by atoms with E-state index in [1.54, 1.807) is 29.3 Å². The van der Waals surface area contributed by atoms with Gasteiger partial charge in [0.05, 0.1) is 16.9 Å². The smallest absolute Gasteiger partial charge is 0.321 e. The van der Waals surface area contributed by atoms with E-state index in [0.717, 1.165) is 71.4 Å². The van der Waals surface area contributed by atoms with Gasteiger partial charge < -0.3 is 20.0 Å². The first kappa shape index (κ1) is 26.1. The first-order valence-corrected chi connectivity index (χ1v) is 13.4. The molecular weight excluding hydrogens is 452 g/mol. The second-order valence-electron chi connectivity index (χ2n) is 9.78. The van der Waals surface area contributed by atoms with Crippen molar-refractivity contribution in [2.75, 3.05) is 56.5 Å². The molecule has 2 aliphatic rings. The van der Waals surface area contributed by atoms with E-state index in [2.05, 4.69) is 41.0 Å². The Bertz CT molecular complexity index is 1040. The quantitative estimate of drug-likeness (QED) is 0.544. The van der Waals surface area contributed by atoms with Gasteiger partial charge in [-0.15, -0.1) is 0 Å². The van der Waals surface area contributed by atoms with Crippen LogP contribution < -0.4 is 10.2 Å². The maximum absolute atomic E-state index is 14.2. The van der Waals surface area contributed by atoms with Gasteiger partial charge in [-0.25, -0.2) is 14.7 Å². The van der Waals surface area contributed by atoms with Crippen LogP contribution in [-0.2, 0) is 0 Å². The van der Waals surface area contributed by atoms with Crippen LogP contribution in [0.25, 0.3) is 0 Å². The van der Waals surface area contributed by atoms with Crippen molar-refractivity contribution in [3.05, 3.63) is 48.2 Å². The van der Waals surface area contributed by atoms with E-state index in [-0.39, 0.29) is 18.0 Å². The topological polar surface area (TPSA) is 72.0 Å². The number of amides is 3. The van der Waals surface area contributed by atoms with E-state index in [1.165, 1.54) is 0 Å². The van der Waals surface area contributed by atoms with Crippen molar-refractivity contribution in [3.8, 4) is 0 Å². The van der Waals surface area contributed by atoms with E-state index >= 15 is 0 Å². The molecule has 2 aromatic rings. The van der Waals surface area contributed by atoms with Gasteiger partial charge in [-0.05, 0) is 96.1 Å². The van der Waals surface area contributed by atoms with Crippen molar-refractivity contribution in [1.29, 1.82) is 0 Å². The Labute approximate surface area is 215 Å². The van der Waals surface area contributed by atoms with Crippen LogP contribution in [0.5, 0.6) is 0 Å². The monoisotopic (exact) mass is 492 g/mol. The molecule has 4 rings (SSSR count). The molecule has 8 nitrogen and oxygen atoms in total. The highest BCUT2D eigenvalue weighted by atomic mass is 16.2. The predicted molar refractivity (Wildman–Crippen MR) is 145 cm³/mol. The molecule has 1 saturated heterocycles. The van der Waals surface area contributed by atoms with Gasteiger partial charge >= 0.3 is 6.03 Å². The van der Waals surface area contributed by atoms with E-state index in [1.807, 2.05) is 23.1 Å². The van der Waals surface area contributed by atoms with Crippen molar-refractivity contribution in [1.82, 2.24) is 19.7 Å². The number of anilines is 3. The third kappa shape index (κ3) is 5.87. The van der Waals surface area contributed by atoms with Gasteiger partial charge in [0, 0.05) is 18.8 Å². The summed E-state index contributed by atoms with van der Waals surface area (Å²) in [5.74, 6) is 0.246. The van der Waals surface area contributed by atoms with Crippen LogP contribution in [0.4, 0.5) is 22.0 Å². The number of likely N-dealkylation sites (tertiary alicyclic amines) is 1. The summed E-state index contributed by atoms with van der Waals surface area (Å²) in [6, 6.07) is 10.9. The van der Waals surface area contributed by atoms with Crippen LogP contribution in [0.2, 0.25) is 0 Å². The van der Waals surface area contributed by atoms with Crippen molar-refractivity contribution in [2.24, 2.45) is 0 Å². The molecule has 0 bridgehead atoms. The van der Waals surface area contributed by atoms with Gasteiger partial charge in [-0.1, -0.05) is 26.0 Å². The molecule has 1 fully saturated rings. The van der Waals surface area contributed by atoms with E-state index in [4.69, 9.17) is 0 Å². The maximum atomic E-state index is 14.2. The highest BCUT2D eigenvalue weighted by molar-refractivity contribution is 6.16. The van der Waals surface area contributed by atoms with Gasteiger partial charge in [0.2, 0.25) is 0 Å². The second-order valence-corrected chi connectivity index (χ2v) is 9.78. The minimum atomic E-state index is -0.225. The fourth-order valence-electron chi connectivity index (χ4n) is 5.30. The normalized spacial score (nSPS) is 17.6. The molecule has 0 saturated carbocycles. The van der Waals surface area contributed by atoms with Crippen LogP contribution >= 0.6 is 0 Å². The van der Waals surface area contributed by atoms with Crippen molar-refractivity contribution < 1.29 is 9.59 Å². The molecule has 3 amide bonds. The lowest BCUT2D eigenvalue weighted by molar-refractivity contribution is 0.102. The number of rotatable bonds is 9. The highest BCUT2D eigenvalue weighted by Gasteiger charge is 2.36. The molecule has 1 N–H and O–H groups in total. The standard InChI is InChI=1S/C28H40N6O2/c1-4-32(5-2)19-11-18-31(3)21-16-22-12-8-9-20-33(22)28(36)34-25-15-7-6-13-23(25)27(35)30-24-14-10-17-29-26(24)34/h6-7,10,13-15,17,22H,4-5,8-9,11-12,16,18-21H2,1-3H3,(H,30,35). The Kier molecular flexibility index (Phi) is 8.93. The SMILES string of the molecule is CCN(CC)CCCN(C)CCC1CCCCN1C(=O)N1c2ccccc2C(=O)Nc2cccnc21. The average molecular weight is 493 g/mol. The molecule has 2 aliphatic heterocycles. The summed E-state index contributed by atoms with van der Waals surface area (Å²) in [4.78, 5) is 40.1. The summed E-state index contributed by atoms with van der Waals surface area (Å²) in [5.41, 5.74) is 1.61.